The van der Waals surface area contributed by atoms with Crippen LogP contribution in [0.25, 0.3) is 93.9 Å². The van der Waals surface area contributed by atoms with Gasteiger partial charge in [-0.1, -0.05) is 42.5 Å². The second kappa shape index (κ2) is 10.9. The smallest absolute Gasteiger partial charge is 0.178 e. The molecular weight excluding hydrogens is 639 g/mol. The number of nitrogens with zero attached hydrogens (tertiary/aromatic N) is 7. The van der Waals surface area contributed by atoms with E-state index in [9.17, 15) is 0 Å². The Morgan fingerprint density at radius 1 is 0.442 bits per heavy atom. The highest BCUT2D eigenvalue weighted by molar-refractivity contribution is 6.10. The van der Waals surface area contributed by atoms with Gasteiger partial charge in [0, 0.05) is 64.1 Å². The Morgan fingerprint density at radius 3 is 1.73 bits per heavy atom. The molecule has 11 aromatic rings. The van der Waals surface area contributed by atoms with Crippen molar-refractivity contribution in [1.29, 1.82) is 0 Å². The SMILES string of the molecule is C[n+]1ccc2c(c1)c1cnccc1n2-c1ccc(-c2ccc(-n3c4ccc(-n5c6ccccc6c6ncccc65)cc4c4ncccc43)cc2)cc1. The molecular formula is C45H30N7+. The van der Waals surface area contributed by atoms with Gasteiger partial charge in [0.25, 0.3) is 0 Å². The van der Waals surface area contributed by atoms with Gasteiger partial charge in [0.2, 0.25) is 0 Å². The summed E-state index contributed by atoms with van der Waals surface area (Å²) >= 11 is 0. The molecule has 0 N–H and O–H groups in total. The number of hydrogen-bond acceptors (Lipinski definition) is 3. The molecule has 11 rings (SSSR count). The van der Waals surface area contributed by atoms with Crippen LogP contribution in [0.5, 0.6) is 0 Å². The number of aryl methyl sites for hydroxylation is 1. The Bertz CT molecular complexity index is 3130. The minimum Gasteiger partial charge on any atom is -0.309 e. The summed E-state index contributed by atoms with van der Waals surface area (Å²) in [6.45, 7) is 0. The summed E-state index contributed by atoms with van der Waals surface area (Å²) < 4.78 is 9.03. The zero-order valence-electron chi connectivity index (χ0n) is 28.2. The molecule has 0 radical (unpaired) electrons. The topological polar surface area (TPSA) is 57.3 Å². The molecule has 52 heavy (non-hydrogen) atoms. The van der Waals surface area contributed by atoms with Crippen molar-refractivity contribution in [2.45, 2.75) is 0 Å². The van der Waals surface area contributed by atoms with Crippen molar-refractivity contribution in [1.82, 2.24) is 28.7 Å². The van der Waals surface area contributed by atoms with E-state index >= 15 is 0 Å². The van der Waals surface area contributed by atoms with Crippen LogP contribution in [0.1, 0.15) is 0 Å². The van der Waals surface area contributed by atoms with E-state index in [2.05, 4.69) is 158 Å². The molecule has 0 unspecified atom stereocenters. The van der Waals surface area contributed by atoms with E-state index in [1.54, 1.807) is 0 Å². The summed E-state index contributed by atoms with van der Waals surface area (Å²) in [6.07, 6.45) is 11.8. The number of para-hydroxylation sites is 1. The van der Waals surface area contributed by atoms with Gasteiger partial charge in [-0.25, -0.2) is 4.57 Å². The fourth-order valence-corrected chi connectivity index (χ4v) is 8.10. The zero-order chi connectivity index (χ0) is 34.3. The van der Waals surface area contributed by atoms with Crippen LogP contribution in [-0.2, 0) is 7.05 Å². The molecule has 7 aromatic heterocycles. The highest BCUT2D eigenvalue weighted by Crippen LogP contribution is 2.36. The summed E-state index contributed by atoms with van der Waals surface area (Å²) in [5, 5.41) is 4.59. The van der Waals surface area contributed by atoms with Gasteiger partial charge >= 0.3 is 0 Å². The fourth-order valence-electron chi connectivity index (χ4n) is 8.10. The molecule has 0 fully saturated rings. The fraction of sp³-hybridized carbons (Fsp3) is 0.0222. The Morgan fingerprint density at radius 2 is 1.00 bits per heavy atom. The average molecular weight is 669 g/mol. The van der Waals surface area contributed by atoms with Crippen LogP contribution >= 0.6 is 0 Å². The van der Waals surface area contributed by atoms with Gasteiger partial charge in [0.05, 0.1) is 49.5 Å². The minimum absolute atomic E-state index is 0.979. The molecule has 7 heterocycles. The van der Waals surface area contributed by atoms with Crippen LogP contribution in [0, 0.1) is 0 Å². The van der Waals surface area contributed by atoms with E-state index in [1.807, 2.05) is 36.9 Å². The molecule has 4 aromatic carbocycles. The highest BCUT2D eigenvalue weighted by Gasteiger charge is 2.18. The van der Waals surface area contributed by atoms with Crippen LogP contribution in [0.2, 0.25) is 0 Å². The van der Waals surface area contributed by atoms with Crippen molar-refractivity contribution in [3.05, 3.63) is 165 Å². The van der Waals surface area contributed by atoms with Crippen LogP contribution in [-0.4, -0.2) is 28.7 Å². The van der Waals surface area contributed by atoms with Gasteiger partial charge in [0.1, 0.15) is 7.05 Å². The number of aromatic nitrogens is 7. The van der Waals surface area contributed by atoms with Gasteiger partial charge in [0.15, 0.2) is 12.4 Å². The molecule has 0 bridgehead atoms. The van der Waals surface area contributed by atoms with Gasteiger partial charge < -0.3 is 13.7 Å². The predicted molar refractivity (Wildman–Crippen MR) is 209 cm³/mol. The van der Waals surface area contributed by atoms with Gasteiger partial charge in [-0.05, 0) is 90.0 Å². The Labute approximate surface area is 297 Å². The summed E-state index contributed by atoms with van der Waals surface area (Å²) in [5.41, 5.74) is 14.3. The van der Waals surface area contributed by atoms with Crippen molar-refractivity contribution in [2.75, 3.05) is 0 Å². The lowest BCUT2D eigenvalue weighted by molar-refractivity contribution is -0.670. The molecule has 0 aliphatic rings. The van der Waals surface area contributed by atoms with Crippen molar-refractivity contribution < 1.29 is 4.57 Å². The maximum atomic E-state index is 4.89. The van der Waals surface area contributed by atoms with Crippen LogP contribution in [0.3, 0.4) is 0 Å². The first-order chi connectivity index (χ1) is 25.7. The third-order valence-corrected chi connectivity index (χ3v) is 10.4. The first-order valence-corrected chi connectivity index (χ1v) is 17.4. The lowest BCUT2D eigenvalue weighted by Crippen LogP contribution is -2.25. The van der Waals surface area contributed by atoms with Gasteiger partial charge in [-0.3, -0.25) is 15.0 Å². The lowest BCUT2D eigenvalue weighted by Gasteiger charge is -2.11. The maximum Gasteiger partial charge on any atom is 0.178 e. The largest absolute Gasteiger partial charge is 0.309 e. The quantitative estimate of drug-likeness (QED) is 0.176. The molecule has 0 aliphatic carbocycles. The third kappa shape index (κ3) is 4.13. The van der Waals surface area contributed by atoms with Crippen LogP contribution < -0.4 is 4.57 Å². The molecule has 0 aliphatic heterocycles. The van der Waals surface area contributed by atoms with Crippen molar-refractivity contribution in [3.8, 4) is 28.2 Å². The van der Waals surface area contributed by atoms with Gasteiger partial charge in [-0.15, -0.1) is 0 Å². The normalized spacial score (nSPS) is 11.9. The van der Waals surface area contributed by atoms with E-state index in [0.29, 0.717) is 0 Å². The molecule has 244 valence electrons. The van der Waals surface area contributed by atoms with Crippen LogP contribution in [0.15, 0.2) is 165 Å². The average Bonchev–Trinajstić information content (AvgIpc) is 3.83. The van der Waals surface area contributed by atoms with E-state index in [1.165, 1.54) is 10.9 Å². The predicted octanol–water partition coefficient (Wildman–Crippen LogP) is 9.65. The molecule has 0 spiro atoms. The second-order valence-electron chi connectivity index (χ2n) is 13.4. The second-order valence-corrected chi connectivity index (χ2v) is 13.4. The molecule has 7 nitrogen and oxygen atoms in total. The number of fused-ring (bicyclic) bond motifs is 9. The summed E-state index contributed by atoms with van der Waals surface area (Å²) in [5.74, 6) is 0. The van der Waals surface area contributed by atoms with Crippen molar-refractivity contribution >= 4 is 65.7 Å². The highest BCUT2D eigenvalue weighted by atomic mass is 15.0. The standard InChI is InChI=1S/C45H30N7/c1-49-25-21-41-37(28-49)36-27-46-24-20-40(36)50(41)31-14-10-29(11-15-31)30-12-16-32(17-13-30)51-39-19-18-33(26-35(39)45-43(51)9-5-23-48-45)52-38-7-3-2-6-34(38)44-42(52)8-4-22-47-44/h2-28H,1H3/q+1. The third-order valence-electron chi connectivity index (χ3n) is 10.4. The number of hydrogen-bond donors (Lipinski definition) is 0. The number of pyridine rings is 4. The van der Waals surface area contributed by atoms with Crippen molar-refractivity contribution in [3.63, 3.8) is 0 Å². The number of benzene rings is 4. The Balaban J connectivity index is 0.991. The molecule has 0 atom stereocenters. The summed E-state index contributed by atoms with van der Waals surface area (Å²) in [6, 6.07) is 45.4. The molecule has 0 saturated carbocycles. The van der Waals surface area contributed by atoms with E-state index in [0.717, 1.165) is 82.9 Å². The van der Waals surface area contributed by atoms with Crippen molar-refractivity contribution in [2.24, 2.45) is 7.05 Å². The molecule has 0 amide bonds. The molecule has 0 saturated heterocycles. The summed E-state index contributed by atoms with van der Waals surface area (Å²) in [4.78, 5) is 14.0. The van der Waals surface area contributed by atoms with E-state index in [4.69, 9.17) is 9.97 Å². The van der Waals surface area contributed by atoms with E-state index < -0.39 is 0 Å². The van der Waals surface area contributed by atoms with Gasteiger partial charge in [-0.2, -0.15) is 0 Å². The molecule has 7 heteroatoms. The first kappa shape index (κ1) is 28.7. The Kier molecular flexibility index (Phi) is 6.04. The van der Waals surface area contributed by atoms with Crippen LogP contribution in [0.4, 0.5) is 0 Å². The number of rotatable bonds is 4. The first-order valence-electron chi connectivity index (χ1n) is 17.4. The monoisotopic (exact) mass is 668 g/mol. The lowest BCUT2D eigenvalue weighted by atomic mass is 10.0. The minimum atomic E-state index is 0.979. The maximum absolute atomic E-state index is 4.89. The summed E-state index contributed by atoms with van der Waals surface area (Å²) in [7, 11) is 2.05. The Hall–Kier alpha value is -7.12. The van der Waals surface area contributed by atoms with E-state index in [-0.39, 0.29) is 0 Å². The zero-order valence-corrected chi connectivity index (χ0v) is 28.2.